The Morgan fingerprint density at radius 1 is 0.878 bits per heavy atom. The molecule has 4 fully saturated rings. The highest BCUT2D eigenvalue weighted by Crippen LogP contribution is 2.42. The van der Waals surface area contributed by atoms with Gasteiger partial charge in [0, 0.05) is 73.6 Å². The number of rotatable bonds is 17. The molecular formula is C60H75ClN14O6S. The molecule has 2 N–H and O–H groups in total. The molecule has 20 nitrogen and oxygen atoms in total. The number of halogens is 1. The van der Waals surface area contributed by atoms with Crippen LogP contribution in [0.15, 0.2) is 71.8 Å². The van der Waals surface area contributed by atoms with Gasteiger partial charge in [0.2, 0.25) is 21.9 Å². The minimum atomic E-state index is -4.25. The molecule has 82 heavy (non-hydrogen) atoms. The van der Waals surface area contributed by atoms with Crippen molar-refractivity contribution in [3.63, 3.8) is 0 Å². The molecule has 3 atom stereocenters. The molecule has 434 valence electrons. The minimum Gasteiger partial charge on any atom is -0.486 e. The monoisotopic (exact) mass is 1150 g/mol. The van der Waals surface area contributed by atoms with Gasteiger partial charge >= 0.3 is 6.01 Å². The van der Waals surface area contributed by atoms with Crippen LogP contribution in [0.4, 0.5) is 34.6 Å². The number of amides is 2. The summed E-state index contributed by atoms with van der Waals surface area (Å²) in [5.74, 6) is 1.55. The maximum Gasteiger partial charge on any atom is 0.318 e. The number of carbonyl (C=O) groups is 2. The van der Waals surface area contributed by atoms with Gasteiger partial charge in [-0.1, -0.05) is 61.7 Å². The zero-order chi connectivity index (χ0) is 57.2. The number of piperidine rings is 1. The number of aromatic nitrogens is 4. The predicted octanol–water partition coefficient (Wildman–Crippen LogP) is 7.90. The molecule has 1 aliphatic carbocycles. The van der Waals surface area contributed by atoms with Crippen LogP contribution in [0, 0.1) is 11.3 Å². The molecule has 22 heteroatoms. The fraction of sp³-hybridized carbons (Fsp3) is 0.517. The number of ether oxygens (including phenoxy) is 2. The fourth-order valence-corrected chi connectivity index (χ4v) is 14.9. The van der Waals surface area contributed by atoms with Crippen molar-refractivity contribution in [3.8, 4) is 17.8 Å². The summed E-state index contributed by atoms with van der Waals surface area (Å²) in [6.07, 6.45) is 12.2. The van der Waals surface area contributed by atoms with Crippen LogP contribution in [0.25, 0.3) is 10.8 Å². The van der Waals surface area contributed by atoms with Crippen LogP contribution in [0.2, 0.25) is 5.02 Å². The van der Waals surface area contributed by atoms with E-state index in [1.807, 2.05) is 25.1 Å². The van der Waals surface area contributed by atoms with Crippen molar-refractivity contribution < 1.29 is 27.5 Å². The first-order chi connectivity index (χ1) is 39.7. The molecule has 2 amide bonds. The van der Waals surface area contributed by atoms with Crippen LogP contribution in [0.5, 0.6) is 11.8 Å². The van der Waals surface area contributed by atoms with Gasteiger partial charge in [0.05, 0.1) is 52.6 Å². The van der Waals surface area contributed by atoms with Crippen LogP contribution in [-0.2, 0) is 27.8 Å². The van der Waals surface area contributed by atoms with Gasteiger partial charge in [-0.05, 0) is 128 Å². The normalized spacial score (nSPS) is 21.6. The molecule has 6 aliphatic rings. The summed E-state index contributed by atoms with van der Waals surface area (Å²) in [7, 11) is 1.69. The molecule has 3 saturated heterocycles. The second kappa shape index (κ2) is 24.6. The van der Waals surface area contributed by atoms with Crippen molar-refractivity contribution in [2.24, 2.45) is 0 Å². The third-order valence-electron chi connectivity index (χ3n) is 17.6. The number of anilines is 6. The molecule has 7 heterocycles. The largest absolute Gasteiger partial charge is 0.486 e. The summed E-state index contributed by atoms with van der Waals surface area (Å²) < 4.78 is 44.6. The SMILES string of the molecule is C/C=C(\COc1cc(C(=O)NC2CCN(C)CC2)ccc1Nc1ncc2c(n1)N(C1CCCC1)[C@H](CC)C(=O)N2C)S(=O)(=O)N1CCN(c2nc(OC[C@@H]3CCCN3C)nc3c2CCN(c2cccc4cccc(Cl)c24)C3)C[C@@H]1CC#N. The Morgan fingerprint density at radius 3 is 2.41 bits per heavy atom. The highest BCUT2D eigenvalue weighted by molar-refractivity contribution is 7.93. The van der Waals surface area contributed by atoms with Gasteiger partial charge in [0.1, 0.15) is 36.5 Å². The molecule has 0 radical (unpaired) electrons. The first-order valence-electron chi connectivity index (χ1n) is 29.1. The second-order valence-electron chi connectivity index (χ2n) is 22.7. The molecular weight excluding hydrogens is 1080 g/mol. The van der Waals surface area contributed by atoms with E-state index in [2.05, 4.69) is 78.5 Å². The second-order valence-corrected chi connectivity index (χ2v) is 25.1. The fourth-order valence-electron chi connectivity index (χ4n) is 12.9. The number of nitrogens with one attached hydrogen (secondary N) is 2. The Morgan fingerprint density at radius 2 is 1.67 bits per heavy atom. The van der Waals surface area contributed by atoms with Crippen LogP contribution in [-0.4, -0.2) is 165 Å². The number of sulfonamides is 1. The number of allylic oxidation sites excluding steroid dienone is 1. The van der Waals surface area contributed by atoms with E-state index in [0.29, 0.717) is 72.7 Å². The van der Waals surface area contributed by atoms with Crippen LogP contribution in [0.3, 0.4) is 0 Å². The summed E-state index contributed by atoms with van der Waals surface area (Å²) in [6.45, 7) is 8.18. The van der Waals surface area contributed by atoms with Crippen molar-refractivity contribution in [2.75, 3.05) is 105 Å². The van der Waals surface area contributed by atoms with Crippen molar-refractivity contribution in [1.29, 1.82) is 5.26 Å². The van der Waals surface area contributed by atoms with E-state index in [4.69, 9.17) is 36.0 Å². The highest BCUT2D eigenvalue weighted by Gasteiger charge is 2.42. The molecule has 11 rings (SSSR count). The molecule has 0 bridgehead atoms. The van der Waals surface area contributed by atoms with E-state index in [1.165, 1.54) is 10.4 Å². The van der Waals surface area contributed by atoms with Gasteiger partial charge in [0.15, 0.2) is 5.82 Å². The van der Waals surface area contributed by atoms with Crippen LogP contribution >= 0.6 is 11.6 Å². The maximum absolute atomic E-state index is 15.1. The lowest BCUT2D eigenvalue weighted by atomic mass is 10.0. The molecule has 5 aliphatic heterocycles. The van der Waals surface area contributed by atoms with E-state index in [9.17, 15) is 14.9 Å². The van der Waals surface area contributed by atoms with Gasteiger partial charge < -0.3 is 49.5 Å². The molecule has 0 spiro atoms. The number of nitriles is 1. The van der Waals surface area contributed by atoms with Gasteiger partial charge in [0.25, 0.3) is 5.91 Å². The Kier molecular flexibility index (Phi) is 17.1. The third kappa shape index (κ3) is 11.6. The van der Waals surface area contributed by atoms with E-state index >= 15 is 8.42 Å². The van der Waals surface area contributed by atoms with Crippen molar-refractivity contribution in [3.05, 3.63) is 93.6 Å². The zero-order valence-corrected chi connectivity index (χ0v) is 49.3. The Hall–Kier alpha value is -6.83. The number of piperazine rings is 1. The predicted molar refractivity (Wildman–Crippen MR) is 320 cm³/mol. The summed E-state index contributed by atoms with van der Waals surface area (Å²) in [5, 5.41) is 19.6. The summed E-state index contributed by atoms with van der Waals surface area (Å²) in [5.41, 5.74) is 4.18. The standard InChI is InChI=1S/C60H75ClN14O6S/c1-6-45(38-80-53-33-40(57(76)64-41-23-28-69(3)29-24-41)20-21-48(53)65-59-63-34-52-56(67-59)75(42-15-8-9-16-42)50(7-2)58(77)71(52)5)82(78,79)74-32-31-73(35-43(74)22-26-62)55-46-25-30-72(51-19-11-14-39-13-10-18-47(61)54(39)51)36-49(46)66-60(68-55)81-37-44-17-12-27-70(44)4/h6,10-11,13-14,18-21,33-34,41-44,50H,7-9,12,15-17,22-25,27-32,35-38H2,1-5H3,(H,64,76)(H,63,65,67)/b45-6+/t43-,44-,50+/m0/s1. The zero-order valence-electron chi connectivity index (χ0n) is 47.7. The Balaban J connectivity index is 0.856. The van der Waals surface area contributed by atoms with Crippen LogP contribution < -0.4 is 39.7 Å². The van der Waals surface area contributed by atoms with E-state index in [1.54, 1.807) is 43.3 Å². The Bertz CT molecular complexity index is 3380. The number of carbonyl (C=O) groups excluding carboxylic acids is 2. The van der Waals surface area contributed by atoms with Gasteiger partial charge in [-0.3, -0.25) is 9.59 Å². The minimum absolute atomic E-state index is 0.00122. The number of likely N-dealkylation sites (N-methyl/N-ethyl adjacent to an activating group) is 2. The van der Waals surface area contributed by atoms with Crippen molar-refractivity contribution in [2.45, 2.75) is 121 Å². The average Bonchev–Trinajstić information content (AvgIpc) is 3.66. The van der Waals surface area contributed by atoms with Crippen LogP contribution in [0.1, 0.15) is 99.7 Å². The lowest BCUT2D eigenvalue weighted by Crippen LogP contribution is -2.56. The quantitative estimate of drug-likeness (QED) is 0.0907. The number of fused-ring (bicyclic) bond motifs is 3. The average molecular weight is 1160 g/mol. The molecule has 1 saturated carbocycles. The summed E-state index contributed by atoms with van der Waals surface area (Å²) >= 11 is 6.84. The number of benzene rings is 3. The summed E-state index contributed by atoms with van der Waals surface area (Å²) in [6, 6.07) is 19.0. The smallest absolute Gasteiger partial charge is 0.318 e. The van der Waals surface area contributed by atoms with Gasteiger partial charge in [-0.2, -0.15) is 24.5 Å². The van der Waals surface area contributed by atoms with Gasteiger partial charge in [-0.15, -0.1) is 0 Å². The number of nitrogens with zero attached hydrogens (tertiary/aromatic N) is 12. The lowest BCUT2D eigenvalue weighted by molar-refractivity contribution is -0.120. The number of hydrogen-bond donors (Lipinski definition) is 2. The topological polar surface area (TPSA) is 209 Å². The number of hydrogen-bond acceptors (Lipinski definition) is 17. The highest BCUT2D eigenvalue weighted by atomic mass is 35.5. The lowest BCUT2D eigenvalue weighted by Gasteiger charge is -2.43. The third-order valence-corrected chi connectivity index (χ3v) is 20.0. The first-order valence-corrected chi connectivity index (χ1v) is 30.9. The number of likely N-dealkylation sites (tertiary alicyclic amines) is 2. The first kappa shape index (κ1) is 57.0. The summed E-state index contributed by atoms with van der Waals surface area (Å²) in [4.78, 5) is 60.2. The Labute approximate surface area is 486 Å². The van der Waals surface area contributed by atoms with Gasteiger partial charge in [-0.25, -0.2) is 13.4 Å². The van der Waals surface area contributed by atoms with Crippen molar-refractivity contribution >= 4 is 78.9 Å². The van der Waals surface area contributed by atoms with Crippen molar-refractivity contribution in [1.82, 2.24) is 39.4 Å². The molecule has 2 aromatic heterocycles. The van der Waals surface area contributed by atoms with E-state index < -0.39 is 16.1 Å². The van der Waals surface area contributed by atoms with E-state index in [-0.39, 0.29) is 84.7 Å². The molecule has 0 unspecified atom stereocenters. The van der Waals surface area contributed by atoms with E-state index in [0.717, 1.165) is 98.7 Å². The molecule has 3 aromatic carbocycles. The maximum atomic E-state index is 15.1. The molecule has 5 aromatic rings.